The van der Waals surface area contributed by atoms with E-state index in [4.69, 9.17) is 9.47 Å². The highest BCUT2D eigenvalue weighted by Gasteiger charge is 2.47. The standard InChI is InChI=1S/C26H21N3O6/c1-15(30)28-18-5-2-6-19(13-18)29-23(17-4-3-9-27-14-17)22(25(32)26(29)33)24(31)16-7-8-20-21(12-16)35-11-10-34-20/h2-9,12-14,23,31H,10-11H2,1H3,(H,28,30)/b24-22-. The molecule has 1 atom stereocenters. The largest absolute Gasteiger partial charge is 0.507 e. The molecule has 0 aliphatic carbocycles. The van der Waals surface area contributed by atoms with Gasteiger partial charge in [-0.1, -0.05) is 12.1 Å². The van der Waals surface area contributed by atoms with Crippen molar-refractivity contribution in [2.45, 2.75) is 13.0 Å². The summed E-state index contributed by atoms with van der Waals surface area (Å²) >= 11 is 0. The number of aromatic nitrogens is 1. The number of pyridine rings is 1. The monoisotopic (exact) mass is 471 g/mol. The number of amides is 2. The second kappa shape index (κ2) is 8.94. The lowest BCUT2D eigenvalue weighted by molar-refractivity contribution is -0.132. The van der Waals surface area contributed by atoms with Crippen molar-refractivity contribution in [3.05, 3.63) is 83.7 Å². The van der Waals surface area contributed by atoms with Crippen molar-refractivity contribution in [2.75, 3.05) is 23.4 Å². The number of anilines is 2. The average Bonchev–Trinajstić information content (AvgIpc) is 3.14. The molecule has 2 aliphatic heterocycles. The van der Waals surface area contributed by atoms with Gasteiger partial charge in [-0.2, -0.15) is 0 Å². The van der Waals surface area contributed by atoms with E-state index in [-0.39, 0.29) is 17.2 Å². The van der Waals surface area contributed by atoms with Gasteiger partial charge in [-0.3, -0.25) is 24.3 Å². The average molecular weight is 471 g/mol. The third kappa shape index (κ3) is 4.08. The third-order valence-electron chi connectivity index (χ3n) is 5.70. The predicted molar refractivity (Wildman–Crippen MR) is 127 cm³/mol. The Morgan fingerprint density at radius 1 is 1.06 bits per heavy atom. The zero-order valence-electron chi connectivity index (χ0n) is 18.7. The minimum Gasteiger partial charge on any atom is -0.507 e. The topological polar surface area (TPSA) is 118 Å². The van der Waals surface area contributed by atoms with Crippen LogP contribution in [0.25, 0.3) is 5.76 Å². The van der Waals surface area contributed by atoms with Crippen LogP contribution in [0.2, 0.25) is 0 Å². The van der Waals surface area contributed by atoms with E-state index in [1.807, 2.05) is 0 Å². The Balaban J connectivity index is 1.66. The smallest absolute Gasteiger partial charge is 0.300 e. The Morgan fingerprint density at radius 3 is 2.60 bits per heavy atom. The van der Waals surface area contributed by atoms with Gasteiger partial charge in [0.05, 0.1) is 11.6 Å². The number of ketones is 1. The maximum Gasteiger partial charge on any atom is 0.300 e. The van der Waals surface area contributed by atoms with Crippen molar-refractivity contribution in [3.8, 4) is 11.5 Å². The molecular weight excluding hydrogens is 450 g/mol. The summed E-state index contributed by atoms with van der Waals surface area (Å²) in [6.07, 6.45) is 3.12. The molecule has 1 unspecified atom stereocenters. The SMILES string of the molecule is CC(=O)Nc1cccc(N2C(=O)C(=O)/C(=C(\O)c3ccc4c(c3)OCCO4)C2c2cccnc2)c1. The molecule has 0 saturated carbocycles. The summed E-state index contributed by atoms with van der Waals surface area (Å²) in [5.41, 5.74) is 1.62. The third-order valence-corrected chi connectivity index (χ3v) is 5.70. The molecule has 0 spiro atoms. The van der Waals surface area contributed by atoms with Crippen LogP contribution in [0, 0.1) is 0 Å². The van der Waals surface area contributed by atoms with E-state index in [1.54, 1.807) is 60.8 Å². The van der Waals surface area contributed by atoms with Gasteiger partial charge >= 0.3 is 0 Å². The molecule has 1 saturated heterocycles. The van der Waals surface area contributed by atoms with Crippen LogP contribution in [0.15, 0.2) is 72.6 Å². The van der Waals surface area contributed by atoms with E-state index in [0.717, 1.165) is 0 Å². The van der Waals surface area contributed by atoms with Crippen LogP contribution in [0.3, 0.4) is 0 Å². The Morgan fingerprint density at radius 2 is 1.86 bits per heavy atom. The van der Waals surface area contributed by atoms with Gasteiger partial charge in [-0.05, 0) is 48.0 Å². The van der Waals surface area contributed by atoms with E-state index in [0.29, 0.717) is 47.2 Å². The molecule has 2 amide bonds. The number of ether oxygens (including phenoxy) is 2. The van der Waals surface area contributed by atoms with E-state index < -0.39 is 17.7 Å². The molecule has 9 heteroatoms. The second-order valence-electron chi connectivity index (χ2n) is 8.05. The first-order chi connectivity index (χ1) is 16.9. The van der Waals surface area contributed by atoms with Crippen molar-refractivity contribution >= 4 is 34.7 Å². The molecule has 35 heavy (non-hydrogen) atoms. The molecule has 2 N–H and O–H groups in total. The maximum absolute atomic E-state index is 13.3. The molecule has 0 radical (unpaired) electrons. The molecule has 2 aliphatic rings. The Labute approximate surface area is 200 Å². The van der Waals surface area contributed by atoms with Gasteiger partial charge in [0.2, 0.25) is 5.91 Å². The summed E-state index contributed by atoms with van der Waals surface area (Å²) < 4.78 is 11.1. The molecule has 0 bridgehead atoms. The van der Waals surface area contributed by atoms with E-state index >= 15 is 0 Å². The summed E-state index contributed by atoms with van der Waals surface area (Å²) in [4.78, 5) is 43.5. The Hall–Kier alpha value is -4.66. The Kier molecular flexibility index (Phi) is 5.66. The molecule has 1 fully saturated rings. The molecule has 3 heterocycles. The number of hydrogen-bond donors (Lipinski definition) is 2. The van der Waals surface area contributed by atoms with Crippen LogP contribution >= 0.6 is 0 Å². The number of rotatable bonds is 4. The lowest BCUT2D eigenvalue weighted by Crippen LogP contribution is -2.29. The molecule has 1 aromatic heterocycles. The van der Waals surface area contributed by atoms with Gasteiger partial charge in [-0.25, -0.2) is 0 Å². The van der Waals surface area contributed by atoms with Gasteiger partial charge in [-0.15, -0.1) is 0 Å². The molecule has 5 rings (SSSR count). The number of hydrogen-bond acceptors (Lipinski definition) is 7. The summed E-state index contributed by atoms with van der Waals surface area (Å²) in [6, 6.07) is 13.9. The fourth-order valence-electron chi connectivity index (χ4n) is 4.23. The highest BCUT2D eigenvalue weighted by atomic mass is 16.6. The first-order valence-electron chi connectivity index (χ1n) is 10.9. The quantitative estimate of drug-likeness (QED) is 0.340. The lowest BCUT2D eigenvalue weighted by Gasteiger charge is -2.25. The first-order valence-corrected chi connectivity index (χ1v) is 10.9. The van der Waals surface area contributed by atoms with Crippen molar-refractivity contribution in [2.24, 2.45) is 0 Å². The fourth-order valence-corrected chi connectivity index (χ4v) is 4.23. The summed E-state index contributed by atoms with van der Waals surface area (Å²) in [6.45, 7) is 2.16. The predicted octanol–water partition coefficient (Wildman–Crippen LogP) is 3.44. The van der Waals surface area contributed by atoms with Crippen molar-refractivity contribution in [3.63, 3.8) is 0 Å². The van der Waals surface area contributed by atoms with Crippen LogP contribution in [0.1, 0.15) is 24.1 Å². The fraction of sp³-hybridized carbons (Fsp3) is 0.154. The summed E-state index contributed by atoms with van der Waals surface area (Å²) in [7, 11) is 0. The molecule has 9 nitrogen and oxygen atoms in total. The van der Waals surface area contributed by atoms with Crippen LogP contribution < -0.4 is 19.7 Å². The number of Topliss-reactive ketones (excluding diaryl/α,β-unsaturated/α-hetero) is 1. The number of nitrogens with one attached hydrogen (secondary N) is 1. The number of aliphatic hydroxyl groups excluding tert-OH is 1. The van der Waals surface area contributed by atoms with Gasteiger partial charge in [0.15, 0.2) is 11.5 Å². The van der Waals surface area contributed by atoms with Crippen LogP contribution in [0.4, 0.5) is 11.4 Å². The van der Waals surface area contributed by atoms with Gasteiger partial charge in [0.1, 0.15) is 19.0 Å². The van der Waals surface area contributed by atoms with Gasteiger partial charge < -0.3 is 19.9 Å². The number of carbonyl (C=O) groups excluding carboxylic acids is 3. The minimum atomic E-state index is -0.940. The van der Waals surface area contributed by atoms with Crippen LogP contribution in [-0.2, 0) is 14.4 Å². The van der Waals surface area contributed by atoms with E-state index in [1.165, 1.54) is 18.0 Å². The zero-order chi connectivity index (χ0) is 24.5. The van der Waals surface area contributed by atoms with Crippen LogP contribution in [0.5, 0.6) is 11.5 Å². The first kappa shape index (κ1) is 22.1. The second-order valence-corrected chi connectivity index (χ2v) is 8.05. The number of carbonyl (C=O) groups is 3. The van der Waals surface area contributed by atoms with E-state index in [9.17, 15) is 19.5 Å². The molecule has 2 aromatic carbocycles. The highest BCUT2D eigenvalue weighted by Crippen LogP contribution is 2.43. The number of fused-ring (bicyclic) bond motifs is 1. The summed E-state index contributed by atoms with van der Waals surface area (Å²) in [5.74, 6) is -1.28. The number of benzene rings is 2. The summed E-state index contributed by atoms with van der Waals surface area (Å²) in [5, 5.41) is 14.0. The van der Waals surface area contributed by atoms with Crippen molar-refractivity contribution in [1.82, 2.24) is 4.98 Å². The molecular formula is C26H21N3O6. The van der Waals surface area contributed by atoms with Crippen molar-refractivity contribution < 1.29 is 29.0 Å². The number of nitrogens with zero attached hydrogens (tertiary/aromatic N) is 2. The van der Waals surface area contributed by atoms with Gasteiger partial charge in [0.25, 0.3) is 11.7 Å². The lowest BCUT2D eigenvalue weighted by atomic mass is 9.96. The Bertz CT molecular complexity index is 1370. The normalized spacial score (nSPS) is 18.4. The highest BCUT2D eigenvalue weighted by molar-refractivity contribution is 6.51. The molecule has 3 aromatic rings. The van der Waals surface area contributed by atoms with Gasteiger partial charge in [0, 0.05) is 36.3 Å². The molecule has 176 valence electrons. The maximum atomic E-state index is 13.3. The van der Waals surface area contributed by atoms with Crippen molar-refractivity contribution in [1.29, 1.82) is 0 Å². The minimum absolute atomic E-state index is 0.0791. The van der Waals surface area contributed by atoms with Crippen LogP contribution in [-0.4, -0.2) is 40.9 Å². The zero-order valence-corrected chi connectivity index (χ0v) is 18.7. The number of aliphatic hydroxyl groups is 1. The van der Waals surface area contributed by atoms with E-state index in [2.05, 4.69) is 10.3 Å².